The van der Waals surface area contributed by atoms with Gasteiger partial charge < -0.3 is 9.15 Å². The van der Waals surface area contributed by atoms with Gasteiger partial charge in [0, 0.05) is 5.39 Å². The number of para-hydroxylation sites is 1. The molecular weight excluding hydrogens is 435 g/mol. The van der Waals surface area contributed by atoms with Gasteiger partial charge in [-0.3, -0.25) is 4.79 Å². The lowest BCUT2D eigenvalue weighted by Gasteiger charge is -2.09. The Kier molecular flexibility index (Phi) is 4.57. The van der Waals surface area contributed by atoms with E-state index in [1.807, 2.05) is 18.2 Å². The van der Waals surface area contributed by atoms with E-state index >= 15 is 0 Å². The van der Waals surface area contributed by atoms with Crippen LogP contribution in [-0.4, -0.2) is 12.4 Å². The Bertz CT molecular complexity index is 837. The molecule has 2 aromatic carbocycles. The Morgan fingerprint density at radius 1 is 1.14 bits per heavy atom. The Balaban J connectivity index is 1.85. The molecule has 0 fully saturated rings. The first-order chi connectivity index (χ1) is 10.6. The third-order valence-corrected chi connectivity index (χ3v) is 4.71. The van der Waals surface area contributed by atoms with Crippen molar-refractivity contribution < 1.29 is 13.9 Å². The quantitative estimate of drug-likeness (QED) is 0.472. The molecular formula is C16H9Br2ClO3. The standard InChI is InChI=1S/C16H9Br2ClO3/c17-11-2-1-3-12(18)16(11)22-8-14(20)10-4-5-13(19)9-6-7-21-15(9)10/h1-7H,8H2. The van der Waals surface area contributed by atoms with Gasteiger partial charge >= 0.3 is 0 Å². The minimum absolute atomic E-state index is 0.0986. The molecule has 0 saturated heterocycles. The Labute approximate surface area is 148 Å². The number of ether oxygens (including phenoxy) is 1. The number of fused-ring (bicyclic) bond motifs is 1. The number of Topliss-reactive ketones (excluding diaryl/α,β-unsaturated/α-hetero) is 1. The van der Waals surface area contributed by atoms with Crippen LogP contribution in [-0.2, 0) is 0 Å². The first kappa shape index (κ1) is 15.6. The molecule has 0 N–H and O–H groups in total. The van der Waals surface area contributed by atoms with Crippen LogP contribution in [0.2, 0.25) is 5.02 Å². The lowest BCUT2D eigenvalue weighted by molar-refractivity contribution is 0.0921. The molecule has 0 aliphatic carbocycles. The van der Waals surface area contributed by atoms with Crippen molar-refractivity contribution >= 4 is 60.2 Å². The summed E-state index contributed by atoms with van der Waals surface area (Å²) in [6, 6.07) is 10.6. The second-order valence-corrected chi connectivity index (χ2v) is 6.64. The normalized spacial score (nSPS) is 10.9. The molecule has 0 unspecified atom stereocenters. The Hall–Kier alpha value is -1.30. The molecule has 1 heterocycles. The van der Waals surface area contributed by atoms with E-state index in [2.05, 4.69) is 31.9 Å². The average molecular weight is 445 g/mol. The topological polar surface area (TPSA) is 39.4 Å². The van der Waals surface area contributed by atoms with Crippen LogP contribution < -0.4 is 4.74 Å². The van der Waals surface area contributed by atoms with Gasteiger partial charge in [0.1, 0.15) is 11.3 Å². The predicted octanol–water partition coefficient (Wildman–Crippen LogP) is 5.87. The number of furan rings is 1. The minimum Gasteiger partial charge on any atom is -0.483 e. The summed E-state index contributed by atoms with van der Waals surface area (Å²) in [6.07, 6.45) is 1.51. The highest BCUT2D eigenvalue weighted by Gasteiger charge is 2.16. The Morgan fingerprint density at radius 3 is 2.59 bits per heavy atom. The van der Waals surface area contributed by atoms with E-state index in [-0.39, 0.29) is 12.4 Å². The van der Waals surface area contributed by atoms with Crippen molar-refractivity contribution in [3.63, 3.8) is 0 Å². The van der Waals surface area contributed by atoms with Crippen molar-refractivity contribution in [1.29, 1.82) is 0 Å². The van der Waals surface area contributed by atoms with Gasteiger partial charge in [0.25, 0.3) is 0 Å². The molecule has 0 bridgehead atoms. The van der Waals surface area contributed by atoms with Crippen LogP contribution in [0.5, 0.6) is 5.75 Å². The number of ketones is 1. The lowest BCUT2D eigenvalue weighted by atomic mass is 10.1. The Morgan fingerprint density at radius 2 is 1.86 bits per heavy atom. The van der Waals surface area contributed by atoms with Crippen molar-refractivity contribution in [2.45, 2.75) is 0 Å². The molecule has 112 valence electrons. The van der Waals surface area contributed by atoms with Crippen LogP contribution in [0.4, 0.5) is 0 Å². The molecule has 0 saturated carbocycles. The van der Waals surface area contributed by atoms with E-state index in [0.717, 1.165) is 14.3 Å². The number of carbonyl (C=O) groups is 1. The van der Waals surface area contributed by atoms with Gasteiger partial charge in [-0.25, -0.2) is 0 Å². The van der Waals surface area contributed by atoms with Crippen molar-refractivity contribution in [2.24, 2.45) is 0 Å². The molecule has 0 aliphatic heterocycles. The van der Waals surface area contributed by atoms with Crippen LogP contribution in [0.1, 0.15) is 10.4 Å². The van der Waals surface area contributed by atoms with Gasteiger partial charge in [-0.05, 0) is 62.2 Å². The first-order valence-corrected chi connectivity index (χ1v) is 8.30. The number of benzene rings is 2. The van der Waals surface area contributed by atoms with Gasteiger partial charge in [0.05, 0.1) is 25.8 Å². The fourth-order valence-electron chi connectivity index (χ4n) is 2.08. The highest BCUT2D eigenvalue weighted by molar-refractivity contribution is 9.11. The summed E-state index contributed by atoms with van der Waals surface area (Å²) >= 11 is 12.9. The van der Waals surface area contributed by atoms with Crippen molar-refractivity contribution in [3.8, 4) is 5.75 Å². The maximum atomic E-state index is 12.4. The van der Waals surface area contributed by atoms with Gasteiger partial charge in [-0.15, -0.1) is 0 Å². The van der Waals surface area contributed by atoms with Crippen LogP contribution in [0.25, 0.3) is 11.0 Å². The fraction of sp³-hybridized carbons (Fsp3) is 0.0625. The maximum Gasteiger partial charge on any atom is 0.203 e. The van der Waals surface area contributed by atoms with Gasteiger partial charge in [0.15, 0.2) is 6.61 Å². The zero-order chi connectivity index (χ0) is 15.7. The molecule has 0 spiro atoms. The van der Waals surface area contributed by atoms with Crippen LogP contribution >= 0.6 is 43.5 Å². The summed E-state index contributed by atoms with van der Waals surface area (Å²) in [4.78, 5) is 12.4. The average Bonchev–Trinajstić information content (AvgIpc) is 2.97. The lowest BCUT2D eigenvalue weighted by Crippen LogP contribution is -2.12. The summed E-state index contributed by atoms with van der Waals surface area (Å²) < 4.78 is 12.5. The summed E-state index contributed by atoms with van der Waals surface area (Å²) in [6.45, 7) is -0.0986. The SMILES string of the molecule is O=C(COc1c(Br)cccc1Br)c1ccc(Cl)c2ccoc12. The summed E-state index contributed by atoms with van der Waals surface area (Å²) in [5, 5.41) is 1.27. The van der Waals surface area contributed by atoms with Crippen LogP contribution in [0.3, 0.4) is 0 Å². The zero-order valence-corrected chi connectivity index (χ0v) is 15.0. The second-order valence-electron chi connectivity index (χ2n) is 4.52. The molecule has 3 rings (SSSR count). The van der Waals surface area contributed by atoms with E-state index in [1.54, 1.807) is 18.2 Å². The first-order valence-electron chi connectivity index (χ1n) is 6.33. The van der Waals surface area contributed by atoms with Crippen LogP contribution in [0, 0.1) is 0 Å². The fourth-order valence-corrected chi connectivity index (χ4v) is 3.52. The van der Waals surface area contributed by atoms with E-state index in [0.29, 0.717) is 21.9 Å². The number of hydrogen-bond acceptors (Lipinski definition) is 3. The smallest absolute Gasteiger partial charge is 0.203 e. The monoisotopic (exact) mass is 442 g/mol. The third-order valence-electron chi connectivity index (χ3n) is 3.13. The van der Waals surface area contributed by atoms with Gasteiger partial charge in [-0.1, -0.05) is 17.7 Å². The minimum atomic E-state index is -0.181. The molecule has 0 atom stereocenters. The highest BCUT2D eigenvalue weighted by atomic mass is 79.9. The van der Waals surface area contributed by atoms with Crippen molar-refractivity contribution in [1.82, 2.24) is 0 Å². The third kappa shape index (κ3) is 2.93. The number of hydrogen-bond donors (Lipinski definition) is 0. The molecule has 3 nitrogen and oxygen atoms in total. The molecule has 22 heavy (non-hydrogen) atoms. The van der Waals surface area contributed by atoms with E-state index in [1.165, 1.54) is 6.26 Å². The molecule has 6 heteroatoms. The maximum absolute atomic E-state index is 12.4. The van der Waals surface area contributed by atoms with Crippen molar-refractivity contribution in [2.75, 3.05) is 6.61 Å². The molecule has 0 amide bonds. The predicted molar refractivity (Wildman–Crippen MR) is 92.9 cm³/mol. The van der Waals surface area contributed by atoms with Gasteiger partial charge in [0.2, 0.25) is 5.78 Å². The number of carbonyl (C=O) groups excluding carboxylic acids is 1. The number of rotatable bonds is 4. The van der Waals surface area contributed by atoms with E-state index < -0.39 is 0 Å². The van der Waals surface area contributed by atoms with E-state index in [4.69, 9.17) is 20.8 Å². The van der Waals surface area contributed by atoms with Crippen LogP contribution in [0.15, 0.2) is 56.0 Å². The molecule has 3 aromatic rings. The molecule has 0 aliphatic rings. The molecule has 0 radical (unpaired) electrons. The summed E-state index contributed by atoms with van der Waals surface area (Å²) in [7, 11) is 0. The summed E-state index contributed by atoms with van der Waals surface area (Å²) in [5.74, 6) is 0.403. The van der Waals surface area contributed by atoms with E-state index in [9.17, 15) is 4.79 Å². The summed E-state index contributed by atoms with van der Waals surface area (Å²) in [5.41, 5.74) is 0.930. The van der Waals surface area contributed by atoms with Gasteiger partial charge in [-0.2, -0.15) is 0 Å². The number of halogens is 3. The largest absolute Gasteiger partial charge is 0.483 e. The highest BCUT2D eigenvalue weighted by Crippen LogP contribution is 2.33. The zero-order valence-electron chi connectivity index (χ0n) is 11.1. The second kappa shape index (κ2) is 6.44. The molecule has 1 aromatic heterocycles. The van der Waals surface area contributed by atoms with Crippen molar-refractivity contribution in [3.05, 3.63) is 62.2 Å².